The van der Waals surface area contributed by atoms with Crippen LogP contribution in [0.15, 0.2) is 42.6 Å². The Bertz CT molecular complexity index is 639. The van der Waals surface area contributed by atoms with Gasteiger partial charge in [-0.2, -0.15) is 0 Å². The van der Waals surface area contributed by atoms with Crippen molar-refractivity contribution in [3.05, 3.63) is 48.2 Å². The van der Waals surface area contributed by atoms with E-state index in [1.165, 1.54) is 0 Å². The van der Waals surface area contributed by atoms with Gasteiger partial charge in [-0.3, -0.25) is 4.79 Å². The number of amides is 1. The molecule has 2 N–H and O–H groups in total. The second kappa shape index (κ2) is 8.88. The molecule has 6 heteroatoms. The summed E-state index contributed by atoms with van der Waals surface area (Å²) >= 11 is 0. The molecule has 0 spiro atoms. The number of aromatic nitrogens is 1. The van der Waals surface area contributed by atoms with Gasteiger partial charge in [0, 0.05) is 12.1 Å². The standard InChI is InChI=1S/C18H24N4O2/c1-22(2)12-4-11-19-15-7-10-17(20-13-15)21-18(23)14-5-8-16(24-3)9-6-14/h5-10,13,19H,4,11-12H2,1-3H3,(H,20,21,23). The van der Waals surface area contributed by atoms with E-state index in [0.717, 1.165) is 30.9 Å². The van der Waals surface area contributed by atoms with Gasteiger partial charge < -0.3 is 20.3 Å². The first-order valence-electron chi connectivity index (χ1n) is 7.88. The summed E-state index contributed by atoms with van der Waals surface area (Å²) in [5.74, 6) is 1.04. The van der Waals surface area contributed by atoms with Gasteiger partial charge in [-0.15, -0.1) is 0 Å². The van der Waals surface area contributed by atoms with Gasteiger partial charge in [-0.05, 0) is 63.5 Å². The van der Waals surface area contributed by atoms with Crippen molar-refractivity contribution >= 4 is 17.4 Å². The van der Waals surface area contributed by atoms with Crippen LogP contribution in [0.4, 0.5) is 11.5 Å². The van der Waals surface area contributed by atoms with E-state index in [1.54, 1.807) is 43.6 Å². The lowest BCUT2D eigenvalue weighted by molar-refractivity contribution is 0.102. The summed E-state index contributed by atoms with van der Waals surface area (Å²) in [7, 11) is 5.71. The molecule has 0 aliphatic carbocycles. The Kier molecular flexibility index (Phi) is 6.57. The molecule has 1 heterocycles. The number of rotatable bonds is 8. The molecule has 6 nitrogen and oxygen atoms in total. The van der Waals surface area contributed by atoms with Crippen molar-refractivity contribution < 1.29 is 9.53 Å². The largest absolute Gasteiger partial charge is 0.497 e. The van der Waals surface area contributed by atoms with Crippen LogP contribution < -0.4 is 15.4 Å². The minimum Gasteiger partial charge on any atom is -0.497 e. The fraction of sp³-hybridized carbons (Fsp3) is 0.333. The summed E-state index contributed by atoms with van der Waals surface area (Å²) in [6.07, 6.45) is 2.78. The topological polar surface area (TPSA) is 66.5 Å². The summed E-state index contributed by atoms with van der Waals surface area (Å²) in [4.78, 5) is 18.6. The van der Waals surface area contributed by atoms with E-state index < -0.39 is 0 Å². The van der Waals surface area contributed by atoms with Crippen molar-refractivity contribution in [3.63, 3.8) is 0 Å². The Morgan fingerprint density at radius 1 is 1.17 bits per heavy atom. The number of pyridine rings is 1. The van der Waals surface area contributed by atoms with E-state index >= 15 is 0 Å². The molecule has 1 aromatic heterocycles. The van der Waals surface area contributed by atoms with Gasteiger partial charge in [0.05, 0.1) is 19.0 Å². The molecule has 0 fully saturated rings. The molecule has 0 saturated carbocycles. The molecule has 1 aromatic carbocycles. The summed E-state index contributed by atoms with van der Waals surface area (Å²) in [6, 6.07) is 10.6. The SMILES string of the molecule is COc1ccc(C(=O)Nc2ccc(NCCCN(C)C)cn2)cc1. The molecular formula is C18H24N4O2. The highest BCUT2D eigenvalue weighted by molar-refractivity contribution is 6.03. The number of nitrogens with zero attached hydrogens (tertiary/aromatic N) is 2. The Hall–Kier alpha value is -2.60. The number of nitrogens with one attached hydrogen (secondary N) is 2. The van der Waals surface area contributed by atoms with E-state index in [1.807, 2.05) is 6.07 Å². The lowest BCUT2D eigenvalue weighted by Gasteiger charge is -2.11. The van der Waals surface area contributed by atoms with Gasteiger partial charge in [-0.25, -0.2) is 4.98 Å². The Morgan fingerprint density at radius 3 is 2.50 bits per heavy atom. The number of anilines is 2. The molecule has 0 saturated heterocycles. The third-order valence-electron chi connectivity index (χ3n) is 3.47. The van der Waals surface area contributed by atoms with Gasteiger partial charge in [-0.1, -0.05) is 0 Å². The zero-order valence-corrected chi connectivity index (χ0v) is 14.4. The first-order chi connectivity index (χ1) is 11.6. The lowest BCUT2D eigenvalue weighted by atomic mass is 10.2. The van der Waals surface area contributed by atoms with Crippen molar-refractivity contribution in [1.82, 2.24) is 9.88 Å². The Labute approximate surface area is 142 Å². The molecule has 0 aliphatic rings. The maximum Gasteiger partial charge on any atom is 0.256 e. The molecule has 0 bridgehead atoms. The maximum atomic E-state index is 12.2. The summed E-state index contributed by atoms with van der Waals surface area (Å²) in [5.41, 5.74) is 1.50. The minimum absolute atomic E-state index is 0.197. The maximum absolute atomic E-state index is 12.2. The van der Waals surface area contributed by atoms with E-state index in [-0.39, 0.29) is 5.91 Å². The minimum atomic E-state index is -0.197. The van der Waals surface area contributed by atoms with Crippen LogP contribution in [0, 0.1) is 0 Å². The van der Waals surface area contributed by atoms with Crippen molar-refractivity contribution in [1.29, 1.82) is 0 Å². The smallest absolute Gasteiger partial charge is 0.256 e. The van der Waals surface area contributed by atoms with Crippen LogP contribution in [0.25, 0.3) is 0 Å². The fourth-order valence-electron chi connectivity index (χ4n) is 2.13. The second-order valence-electron chi connectivity index (χ2n) is 5.70. The van der Waals surface area contributed by atoms with Gasteiger partial charge in [0.1, 0.15) is 11.6 Å². The third-order valence-corrected chi connectivity index (χ3v) is 3.47. The number of hydrogen-bond acceptors (Lipinski definition) is 5. The van der Waals surface area contributed by atoms with E-state index in [4.69, 9.17) is 4.74 Å². The first kappa shape index (κ1) is 17.7. The van der Waals surface area contributed by atoms with Crippen LogP contribution in [0.3, 0.4) is 0 Å². The lowest BCUT2D eigenvalue weighted by Crippen LogP contribution is -2.16. The monoisotopic (exact) mass is 328 g/mol. The van der Waals surface area contributed by atoms with Crippen LogP contribution in [-0.4, -0.2) is 50.1 Å². The van der Waals surface area contributed by atoms with Crippen molar-refractivity contribution in [2.75, 3.05) is 44.9 Å². The highest BCUT2D eigenvalue weighted by Gasteiger charge is 2.07. The zero-order valence-electron chi connectivity index (χ0n) is 14.4. The number of methoxy groups -OCH3 is 1. The van der Waals surface area contributed by atoms with Crippen molar-refractivity contribution in [2.45, 2.75) is 6.42 Å². The number of carbonyl (C=O) groups excluding carboxylic acids is 1. The van der Waals surface area contributed by atoms with Gasteiger partial charge >= 0.3 is 0 Å². The van der Waals surface area contributed by atoms with Gasteiger partial charge in [0.25, 0.3) is 5.91 Å². The molecule has 0 unspecified atom stereocenters. The highest BCUT2D eigenvalue weighted by atomic mass is 16.5. The van der Waals surface area contributed by atoms with Gasteiger partial charge in [0.2, 0.25) is 0 Å². The number of carbonyl (C=O) groups is 1. The first-order valence-corrected chi connectivity index (χ1v) is 7.88. The number of hydrogen-bond donors (Lipinski definition) is 2. The molecule has 2 rings (SSSR count). The van der Waals surface area contributed by atoms with Gasteiger partial charge in [0.15, 0.2) is 0 Å². The van der Waals surface area contributed by atoms with Crippen LogP contribution in [0.1, 0.15) is 16.8 Å². The molecule has 0 radical (unpaired) electrons. The van der Waals surface area contributed by atoms with E-state index in [0.29, 0.717) is 11.4 Å². The molecule has 24 heavy (non-hydrogen) atoms. The second-order valence-corrected chi connectivity index (χ2v) is 5.70. The van der Waals surface area contributed by atoms with E-state index in [9.17, 15) is 4.79 Å². The predicted octanol–water partition coefficient (Wildman–Crippen LogP) is 2.71. The van der Waals surface area contributed by atoms with Crippen LogP contribution in [0.5, 0.6) is 5.75 Å². The average molecular weight is 328 g/mol. The van der Waals surface area contributed by atoms with Crippen LogP contribution >= 0.6 is 0 Å². The number of benzene rings is 1. The molecule has 2 aromatic rings. The van der Waals surface area contributed by atoms with Crippen molar-refractivity contribution in [3.8, 4) is 5.75 Å². The average Bonchev–Trinajstić information content (AvgIpc) is 2.60. The molecule has 0 aliphatic heterocycles. The van der Waals surface area contributed by atoms with Crippen molar-refractivity contribution in [2.24, 2.45) is 0 Å². The zero-order chi connectivity index (χ0) is 17.4. The van der Waals surface area contributed by atoms with E-state index in [2.05, 4.69) is 34.6 Å². The van der Waals surface area contributed by atoms with Crippen LogP contribution in [0.2, 0.25) is 0 Å². The van der Waals surface area contributed by atoms with Crippen LogP contribution in [-0.2, 0) is 0 Å². The normalized spacial score (nSPS) is 10.5. The predicted molar refractivity (Wildman–Crippen MR) is 96.8 cm³/mol. The molecule has 0 atom stereocenters. The molecule has 128 valence electrons. The Balaban J connectivity index is 1.85. The summed E-state index contributed by atoms with van der Waals surface area (Å²) < 4.78 is 5.08. The quantitative estimate of drug-likeness (QED) is 0.729. The third kappa shape index (κ3) is 5.55. The highest BCUT2D eigenvalue weighted by Crippen LogP contribution is 2.14. The summed E-state index contributed by atoms with van der Waals surface area (Å²) in [6.45, 7) is 1.92. The molecular weight excluding hydrogens is 304 g/mol. The Morgan fingerprint density at radius 2 is 1.92 bits per heavy atom. The number of ether oxygens (including phenoxy) is 1. The summed E-state index contributed by atoms with van der Waals surface area (Å²) in [5, 5.41) is 6.09. The molecule has 1 amide bonds. The fourth-order valence-corrected chi connectivity index (χ4v) is 2.13.